The van der Waals surface area contributed by atoms with Crippen molar-refractivity contribution < 1.29 is 19.8 Å². The molecule has 22 heavy (non-hydrogen) atoms. The van der Waals surface area contributed by atoms with Gasteiger partial charge >= 0.3 is 11.9 Å². The third kappa shape index (κ3) is 9.06. The van der Waals surface area contributed by atoms with Crippen LogP contribution in [-0.4, -0.2) is 22.2 Å². The van der Waals surface area contributed by atoms with Crippen LogP contribution in [0.3, 0.4) is 0 Å². The Morgan fingerprint density at radius 3 is 1.68 bits per heavy atom. The van der Waals surface area contributed by atoms with Gasteiger partial charge in [-0.3, -0.25) is 9.59 Å². The average Bonchev–Trinajstić information content (AvgIpc) is 2.35. The van der Waals surface area contributed by atoms with Crippen molar-refractivity contribution in [1.29, 1.82) is 0 Å². The van der Waals surface area contributed by atoms with E-state index < -0.39 is 17.4 Å². The SMILES string of the molecule is CC(C)CC(CCCCCCCC(=O)O)(CC(C)C)C(=O)O. The van der Waals surface area contributed by atoms with Gasteiger partial charge in [-0.25, -0.2) is 0 Å². The van der Waals surface area contributed by atoms with Crippen LogP contribution in [-0.2, 0) is 9.59 Å². The second-order valence-corrected chi connectivity index (χ2v) is 7.44. The maximum atomic E-state index is 11.9. The van der Waals surface area contributed by atoms with Crippen LogP contribution in [0.4, 0.5) is 0 Å². The lowest BCUT2D eigenvalue weighted by Crippen LogP contribution is -2.34. The summed E-state index contributed by atoms with van der Waals surface area (Å²) in [5, 5.41) is 18.3. The number of carbonyl (C=O) groups is 2. The minimum absolute atomic E-state index is 0.236. The highest BCUT2D eigenvalue weighted by molar-refractivity contribution is 5.74. The predicted molar refractivity (Wildman–Crippen MR) is 88.9 cm³/mol. The van der Waals surface area contributed by atoms with Crippen LogP contribution in [0.5, 0.6) is 0 Å². The summed E-state index contributed by atoms with van der Waals surface area (Å²) >= 11 is 0. The molecule has 0 spiro atoms. The van der Waals surface area contributed by atoms with E-state index in [-0.39, 0.29) is 6.42 Å². The van der Waals surface area contributed by atoms with Crippen molar-refractivity contribution in [3.05, 3.63) is 0 Å². The van der Waals surface area contributed by atoms with Crippen LogP contribution in [0, 0.1) is 17.3 Å². The number of unbranched alkanes of at least 4 members (excludes halogenated alkanes) is 4. The number of rotatable bonds is 13. The van der Waals surface area contributed by atoms with Crippen LogP contribution in [0.15, 0.2) is 0 Å². The third-order valence-electron chi connectivity index (χ3n) is 4.10. The molecule has 0 radical (unpaired) electrons. The Kier molecular flexibility index (Phi) is 10.1. The molecule has 0 aromatic carbocycles. The molecule has 0 aromatic rings. The fourth-order valence-electron chi connectivity index (χ4n) is 3.40. The molecule has 4 heteroatoms. The van der Waals surface area contributed by atoms with E-state index in [0.29, 0.717) is 11.8 Å². The molecule has 130 valence electrons. The first kappa shape index (κ1) is 20.9. The van der Waals surface area contributed by atoms with E-state index in [1.54, 1.807) is 0 Å². The maximum absolute atomic E-state index is 11.9. The molecule has 0 bridgehead atoms. The lowest BCUT2D eigenvalue weighted by atomic mass is 9.71. The Labute approximate surface area is 135 Å². The van der Waals surface area contributed by atoms with Crippen LogP contribution >= 0.6 is 0 Å². The van der Waals surface area contributed by atoms with Gasteiger partial charge in [0.2, 0.25) is 0 Å². The van der Waals surface area contributed by atoms with Crippen LogP contribution in [0.25, 0.3) is 0 Å². The average molecular weight is 314 g/mol. The second-order valence-electron chi connectivity index (χ2n) is 7.44. The Balaban J connectivity index is 4.34. The summed E-state index contributed by atoms with van der Waals surface area (Å²) in [4.78, 5) is 22.3. The molecule has 0 aromatic heterocycles. The zero-order valence-corrected chi connectivity index (χ0v) is 14.7. The molecule has 0 saturated carbocycles. The van der Waals surface area contributed by atoms with Gasteiger partial charge in [-0.05, 0) is 37.5 Å². The van der Waals surface area contributed by atoms with E-state index in [1.165, 1.54) is 0 Å². The van der Waals surface area contributed by atoms with E-state index in [4.69, 9.17) is 5.11 Å². The molecule has 0 unspecified atom stereocenters. The molecule has 4 nitrogen and oxygen atoms in total. The zero-order valence-electron chi connectivity index (χ0n) is 14.7. The maximum Gasteiger partial charge on any atom is 0.309 e. The lowest BCUT2D eigenvalue weighted by Gasteiger charge is -2.33. The number of hydrogen-bond acceptors (Lipinski definition) is 2. The summed E-state index contributed by atoms with van der Waals surface area (Å²) in [7, 11) is 0. The molecular formula is C18H34O4. The first-order valence-corrected chi connectivity index (χ1v) is 8.65. The quantitative estimate of drug-likeness (QED) is 0.471. The van der Waals surface area contributed by atoms with Gasteiger partial charge in [-0.15, -0.1) is 0 Å². The molecule has 0 amide bonds. The highest BCUT2D eigenvalue weighted by Crippen LogP contribution is 2.39. The first-order chi connectivity index (χ1) is 10.2. The third-order valence-corrected chi connectivity index (χ3v) is 4.10. The van der Waals surface area contributed by atoms with E-state index >= 15 is 0 Å². The van der Waals surface area contributed by atoms with Crippen molar-refractivity contribution in [3.63, 3.8) is 0 Å². The molecule has 0 atom stereocenters. The van der Waals surface area contributed by atoms with E-state index in [9.17, 15) is 14.7 Å². The summed E-state index contributed by atoms with van der Waals surface area (Å²) in [5.41, 5.74) is -0.594. The first-order valence-electron chi connectivity index (χ1n) is 8.65. The monoisotopic (exact) mass is 314 g/mol. The molecule has 0 heterocycles. The number of hydrogen-bond donors (Lipinski definition) is 2. The van der Waals surface area contributed by atoms with Crippen molar-refractivity contribution in [3.8, 4) is 0 Å². The standard InChI is InChI=1S/C18H34O4/c1-14(2)12-18(17(21)22,13-15(3)4)11-9-7-5-6-8-10-16(19)20/h14-15H,5-13H2,1-4H3,(H,19,20)(H,21,22). The Morgan fingerprint density at radius 2 is 1.27 bits per heavy atom. The number of carboxylic acid groups (broad SMARTS) is 2. The summed E-state index contributed by atoms with van der Waals surface area (Å²) in [5.74, 6) is -0.629. The van der Waals surface area contributed by atoms with Gasteiger partial charge in [0.1, 0.15) is 0 Å². The van der Waals surface area contributed by atoms with Gasteiger partial charge in [0.25, 0.3) is 0 Å². The number of carboxylic acids is 2. The zero-order chi connectivity index (χ0) is 17.2. The predicted octanol–water partition coefficient (Wildman–Crippen LogP) is 4.96. The minimum Gasteiger partial charge on any atom is -0.481 e. The van der Waals surface area contributed by atoms with Crippen LogP contribution < -0.4 is 0 Å². The highest BCUT2D eigenvalue weighted by atomic mass is 16.4. The number of aliphatic carboxylic acids is 2. The van der Waals surface area contributed by atoms with Crippen molar-refractivity contribution in [2.45, 2.75) is 85.5 Å². The molecule has 2 N–H and O–H groups in total. The highest BCUT2D eigenvalue weighted by Gasteiger charge is 2.38. The molecule has 0 aliphatic carbocycles. The van der Waals surface area contributed by atoms with Crippen LogP contribution in [0.1, 0.15) is 85.5 Å². The Hall–Kier alpha value is -1.06. The van der Waals surface area contributed by atoms with Crippen molar-refractivity contribution >= 4 is 11.9 Å². The van der Waals surface area contributed by atoms with Gasteiger partial charge in [0, 0.05) is 6.42 Å². The van der Waals surface area contributed by atoms with E-state index in [0.717, 1.165) is 51.4 Å². The minimum atomic E-state index is -0.737. The van der Waals surface area contributed by atoms with Gasteiger partial charge in [-0.1, -0.05) is 53.4 Å². The van der Waals surface area contributed by atoms with Crippen LogP contribution in [0.2, 0.25) is 0 Å². The molecular weight excluding hydrogens is 280 g/mol. The topological polar surface area (TPSA) is 74.6 Å². The molecule has 0 aliphatic rings. The summed E-state index contributed by atoms with van der Waals surface area (Å²) < 4.78 is 0. The summed E-state index contributed by atoms with van der Waals surface area (Å²) in [6.45, 7) is 8.35. The smallest absolute Gasteiger partial charge is 0.309 e. The van der Waals surface area contributed by atoms with Gasteiger partial charge < -0.3 is 10.2 Å². The Bertz CT molecular complexity index is 324. The van der Waals surface area contributed by atoms with E-state index in [1.807, 2.05) is 0 Å². The largest absolute Gasteiger partial charge is 0.481 e. The lowest BCUT2D eigenvalue weighted by molar-refractivity contribution is -0.152. The Morgan fingerprint density at radius 1 is 0.818 bits per heavy atom. The van der Waals surface area contributed by atoms with Gasteiger partial charge in [-0.2, -0.15) is 0 Å². The molecule has 0 saturated heterocycles. The van der Waals surface area contributed by atoms with E-state index in [2.05, 4.69) is 27.7 Å². The van der Waals surface area contributed by atoms with Gasteiger partial charge in [0.15, 0.2) is 0 Å². The fourth-order valence-corrected chi connectivity index (χ4v) is 3.40. The van der Waals surface area contributed by atoms with Crippen molar-refractivity contribution in [2.24, 2.45) is 17.3 Å². The normalized spacial score (nSPS) is 12.1. The summed E-state index contributed by atoms with van der Waals surface area (Å²) in [6, 6.07) is 0. The van der Waals surface area contributed by atoms with Crippen molar-refractivity contribution in [2.75, 3.05) is 0 Å². The molecule has 0 fully saturated rings. The van der Waals surface area contributed by atoms with Gasteiger partial charge in [0.05, 0.1) is 5.41 Å². The molecule has 0 rings (SSSR count). The second kappa shape index (κ2) is 10.6. The molecule has 0 aliphatic heterocycles. The summed E-state index contributed by atoms with van der Waals surface area (Å²) in [6.07, 6.45) is 6.98. The van der Waals surface area contributed by atoms with Crippen molar-refractivity contribution in [1.82, 2.24) is 0 Å². The fraction of sp³-hybridized carbons (Fsp3) is 0.889.